The molecular formula is C9H15F2NO. The summed E-state index contributed by atoms with van der Waals surface area (Å²) in [6, 6.07) is 0. The SMILES string of the molecule is CCN1CCCC(C(F)(F)C=O)C1. The van der Waals surface area contributed by atoms with Gasteiger partial charge in [-0.25, -0.2) is 0 Å². The Balaban J connectivity index is 2.55. The Morgan fingerprint density at radius 1 is 1.62 bits per heavy atom. The third-order valence-corrected chi connectivity index (χ3v) is 2.65. The number of nitrogens with zero attached hydrogens (tertiary/aromatic N) is 1. The summed E-state index contributed by atoms with van der Waals surface area (Å²) in [5.74, 6) is -3.91. The van der Waals surface area contributed by atoms with E-state index in [2.05, 4.69) is 0 Å². The number of carbonyl (C=O) groups is 1. The second kappa shape index (κ2) is 4.13. The van der Waals surface area contributed by atoms with Crippen molar-refractivity contribution >= 4 is 6.29 Å². The van der Waals surface area contributed by atoms with Crippen LogP contribution in [0.1, 0.15) is 19.8 Å². The summed E-state index contributed by atoms with van der Waals surface area (Å²) in [6.45, 7) is 3.96. The van der Waals surface area contributed by atoms with Gasteiger partial charge in [-0.15, -0.1) is 0 Å². The van der Waals surface area contributed by atoms with E-state index in [9.17, 15) is 13.6 Å². The second-order valence-electron chi connectivity index (χ2n) is 3.52. The standard InChI is InChI=1S/C9H15F2NO/c1-2-12-5-3-4-8(6-12)9(10,11)7-13/h7-8H,2-6H2,1H3. The molecule has 0 aromatic rings. The number of carbonyl (C=O) groups excluding carboxylic acids is 1. The van der Waals surface area contributed by atoms with Crippen LogP contribution in [0.5, 0.6) is 0 Å². The highest BCUT2D eigenvalue weighted by atomic mass is 19.3. The summed E-state index contributed by atoms with van der Waals surface area (Å²) in [5, 5.41) is 0. The number of aldehydes is 1. The average molecular weight is 191 g/mol. The third-order valence-electron chi connectivity index (χ3n) is 2.65. The van der Waals surface area contributed by atoms with Crippen LogP contribution in [-0.4, -0.2) is 36.7 Å². The summed E-state index contributed by atoms with van der Waals surface area (Å²) < 4.78 is 25.9. The van der Waals surface area contributed by atoms with Crippen molar-refractivity contribution in [3.8, 4) is 0 Å². The minimum absolute atomic E-state index is 0.211. The molecule has 0 aliphatic carbocycles. The van der Waals surface area contributed by atoms with Gasteiger partial charge in [0.05, 0.1) is 0 Å². The van der Waals surface area contributed by atoms with Crippen LogP contribution in [0.15, 0.2) is 0 Å². The van der Waals surface area contributed by atoms with E-state index >= 15 is 0 Å². The first-order valence-electron chi connectivity index (χ1n) is 4.66. The maximum atomic E-state index is 13.0. The van der Waals surface area contributed by atoms with E-state index in [-0.39, 0.29) is 6.29 Å². The Kier molecular flexibility index (Phi) is 3.36. The maximum absolute atomic E-state index is 13.0. The predicted molar refractivity (Wildman–Crippen MR) is 45.8 cm³/mol. The molecule has 0 spiro atoms. The van der Waals surface area contributed by atoms with Gasteiger partial charge >= 0.3 is 5.92 Å². The van der Waals surface area contributed by atoms with E-state index in [1.54, 1.807) is 0 Å². The second-order valence-corrected chi connectivity index (χ2v) is 3.52. The van der Waals surface area contributed by atoms with Gasteiger partial charge in [-0.2, -0.15) is 8.78 Å². The minimum Gasteiger partial charge on any atom is -0.303 e. The molecular weight excluding hydrogens is 176 g/mol. The smallest absolute Gasteiger partial charge is 0.303 e. The molecule has 1 aliphatic rings. The van der Waals surface area contributed by atoms with Crippen LogP contribution in [0.3, 0.4) is 0 Å². The molecule has 0 N–H and O–H groups in total. The van der Waals surface area contributed by atoms with Gasteiger partial charge in [-0.3, -0.25) is 4.79 Å². The van der Waals surface area contributed by atoms with Gasteiger partial charge in [0.2, 0.25) is 0 Å². The van der Waals surface area contributed by atoms with E-state index in [1.165, 1.54) is 0 Å². The molecule has 76 valence electrons. The molecule has 1 aliphatic heterocycles. The predicted octanol–water partition coefficient (Wildman–Crippen LogP) is 1.55. The number of piperidine rings is 1. The first kappa shape index (κ1) is 10.6. The van der Waals surface area contributed by atoms with E-state index in [0.29, 0.717) is 13.0 Å². The lowest BCUT2D eigenvalue weighted by atomic mass is 9.92. The molecule has 0 amide bonds. The zero-order chi connectivity index (χ0) is 9.90. The Morgan fingerprint density at radius 3 is 2.85 bits per heavy atom. The third kappa shape index (κ3) is 2.46. The number of hydrogen-bond acceptors (Lipinski definition) is 2. The average Bonchev–Trinajstić information content (AvgIpc) is 2.18. The molecule has 0 aromatic carbocycles. The van der Waals surface area contributed by atoms with Gasteiger partial charge < -0.3 is 4.90 Å². The van der Waals surface area contributed by atoms with Gasteiger partial charge in [0.15, 0.2) is 6.29 Å². The zero-order valence-corrected chi connectivity index (χ0v) is 7.80. The minimum atomic E-state index is -3.13. The molecule has 4 heteroatoms. The number of halogens is 2. The number of hydrogen-bond donors (Lipinski definition) is 0. The van der Waals surface area contributed by atoms with Crippen LogP contribution >= 0.6 is 0 Å². The summed E-state index contributed by atoms with van der Waals surface area (Å²) in [7, 11) is 0. The topological polar surface area (TPSA) is 20.3 Å². The van der Waals surface area contributed by atoms with Crippen molar-refractivity contribution < 1.29 is 13.6 Å². The Hall–Kier alpha value is -0.510. The van der Waals surface area contributed by atoms with Gasteiger partial charge in [-0.1, -0.05) is 6.92 Å². The molecule has 0 bridgehead atoms. The highest BCUT2D eigenvalue weighted by molar-refractivity contribution is 5.60. The molecule has 1 saturated heterocycles. The van der Waals surface area contributed by atoms with E-state index in [1.807, 2.05) is 11.8 Å². The molecule has 1 rings (SSSR count). The van der Waals surface area contributed by atoms with E-state index < -0.39 is 11.8 Å². The van der Waals surface area contributed by atoms with Crippen molar-refractivity contribution in [2.75, 3.05) is 19.6 Å². The van der Waals surface area contributed by atoms with Crippen LogP contribution in [0.4, 0.5) is 8.78 Å². The lowest BCUT2D eigenvalue weighted by Gasteiger charge is -2.33. The lowest BCUT2D eigenvalue weighted by Crippen LogP contribution is -2.44. The first-order chi connectivity index (χ1) is 6.10. The molecule has 13 heavy (non-hydrogen) atoms. The van der Waals surface area contributed by atoms with Gasteiger partial charge in [0.25, 0.3) is 0 Å². The quantitative estimate of drug-likeness (QED) is 0.631. The fraction of sp³-hybridized carbons (Fsp3) is 0.889. The Labute approximate surface area is 76.9 Å². The van der Waals surface area contributed by atoms with Gasteiger partial charge in [0, 0.05) is 12.5 Å². The fourth-order valence-corrected chi connectivity index (χ4v) is 1.75. The number of rotatable bonds is 3. The summed E-state index contributed by atoms with van der Waals surface area (Å²) in [5.41, 5.74) is 0. The normalized spacial score (nSPS) is 25.9. The molecule has 1 fully saturated rings. The van der Waals surface area contributed by atoms with Crippen molar-refractivity contribution in [1.82, 2.24) is 4.90 Å². The molecule has 1 atom stereocenters. The highest BCUT2D eigenvalue weighted by Crippen LogP contribution is 2.30. The number of likely N-dealkylation sites (tertiary alicyclic amines) is 1. The van der Waals surface area contributed by atoms with Crippen molar-refractivity contribution in [2.45, 2.75) is 25.7 Å². The molecule has 0 radical (unpaired) electrons. The fourth-order valence-electron chi connectivity index (χ4n) is 1.75. The van der Waals surface area contributed by atoms with Crippen molar-refractivity contribution in [2.24, 2.45) is 5.92 Å². The summed E-state index contributed by atoms with van der Waals surface area (Å²) in [4.78, 5) is 12.1. The number of alkyl halides is 2. The van der Waals surface area contributed by atoms with Crippen LogP contribution in [-0.2, 0) is 4.79 Å². The molecule has 0 aromatic heterocycles. The summed E-state index contributed by atoms with van der Waals surface area (Å²) >= 11 is 0. The van der Waals surface area contributed by atoms with Gasteiger partial charge in [-0.05, 0) is 25.9 Å². The lowest BCUT2D eigenvalue weighted by molar-refractivity contribution is -0.140. The maximum Gasteiger partial charge on any atom is 0.306 e. The largest absolute Gasteiger partial charge is 0.306 e. The monoisotopic (exact) mass is 191 g/mol. The Morgan fingerprint density at radius 2 is 2.31 bits per heavy atom. The van der Waals surface area contributed by atoms with Crippen LogP contribution in [0.25, 0.3) is 0 Å². The van der Waals surface area contributed by atoms with Crippen LogP contribution in [0.2, 0.25) is 0 Å². The first-order valence-corrected chi connectivity index (χ1v) is 4.66. The van der Waals surface area contributed by atoms with Crippen molar-refractivity contribution in [3.05, 3.63) is 0 Å². The Bertz CT molecular complexity index is 184. The van der Waals surface area contributed by atoms with Gasteiger partial charge in [0.1, 0.15) is 0 Å². The highest BCUT2D eigenvalue weighted by Gasteiger charge is 2.41. The van der Waals surface area contributed by atoms with E-state index in [4.69, 9.17) is 0 Å². The van der Waals surface area contributed by atoms with Crippen LogP contribution in [0, 0.1) is 5.92 Å². The van der Waals surface area contributed by atoms with Crippen molar-refractivity contribution in [1.29, 1.82) is 0 Å². The molecule has 1 heterocycles. The van der Waals surface area contributed by atoms with E-state index in [0.717, 1.165) is 19.5 Å². The molecule has 0 saturated carbocycles. The van der Waals surface area contributed by atoms with Crippen molar-refractivity contribution in [3.63, 3.8) is 0 Å². The van der Waals surface area contributed by atoms with Crippen LogP contribution < -0.4 is 0 Å². The zero-order valence-electron chi connectivity index (χ0n) is 7.80. The summed E-state index contributed by atoms with van der Waals surface area (Å²) in [6.07, 6.45) is 1.01. The molecule has 1 unspecified atom stereocenters. The molecule has 2 nitrogen and oxygen atoms in total.